The van der Waals surface area contributed by atoms with Crippen LogP contribution in [0.25, 0.3) is 22.4 Å². The van der Waals surface area contributed by atoms with Gasteiger partial charge in [-0.25, -0.2) is 9.67 Å². The zero-order chi connectivity index (χ0) is 19.1. The number of nitrogens with zero attached hydrogens (tertiary/aromatic N) is 6. The molecule has 0 radical (unpaired) electrons. The van der Waals surface area contributed by atoms with Gasteiger partial charge in [0.2, 0.25) is 0 Å². The molecule has 5 aromatic rings. The van der Waals surface area contributed by atoms with Gasteiger partial charge in [-0.15, -0.1) is 10.2 Å². The molecule has 0 N–H and O–H groups in total. The number of hydrogen-bond donors (Lipinski definition) is 0. The number of halogens is 1. The van der Waals surface area contributed by atoms with Crippen LogP contribution in [0.3, 0.4) is 0 Å². The van der Waals surface area contributed by atoms with E-state index in [0.29, 0.717) is 5.02 Å². The van der Waals surface area contributed by atoms with Crippen molar-refractivity contribution in [1.82, 2.24) is 29.4 Å². The van der Waals surface area contributed by atoms with E-state index in [1.807, 2.05) is 47.7 Å². The Kier molecular flexibility index (Phi) is 4.06. The van der Waals surface area contributed by atoms with Gasteiger partial charge in [-0.1, -0.05) is 48.0 Å². The Balaban J connectivity index is 1.53. The molecular formula is C21H17ClN6. The fourth-order valence-electron chi connectivity index (χ4n) is 3.34. The van der Waals surface area contributed by atoms with Crippen LogP contribution >= 0.6 is 11.6 Å². The molecule has 0 fully saturated rings. The first kappa shape index (κ1) is 16.9. The van der Waals surface area contributed by atoms with Crippen molar-refractivity contribution >= 4 is 28.3 Å². The van der Waals surface area contributed by atoms with Gasteiger partial charge in [0.15, 0.2) is 11.3 Å². The number of fused-ring (bicyclic) bond motifs is 3. The van der Waals surface area contributed by atoms with Crippen molar-refractivity contribution < 1.29 is 0 Å². The van der Waals surface area contributed by atoms with E-state index in [9.17, 15) is 0 Å². The third-order valence-corrected chi connectivity index (χ3v) is 5.33. The summed E-state index contributed by atoms with van der Waals surface area (Å²) >= 11 is 6.28. The minimum atomic E-state index is 0.702. The molecule has 7 heteroatoms. The van der Waals surface area contributed by atoms with Gasteiger partial charge in [0.1, 0.15) is 12.2 Å². The molecule has 0 aliphatic carbocycles. The molecule has 3 aromatic heterocycles. The smallest absolute Gasteiger partial charge is 0.174 e. The van der Waals surface area contributed by atoms with Crippen molar-refractivity contribution in [3.8, 4) is 5.69 Å². The van der Waals surface area contributed by atoms with Crippen LogP contribution in [0.15, 0.2) is 61.1 Å². The first-order valence-electron chi connectivity index (χ1n) is 9.07. The SMILES string of the molecule is Cc1ccc(-n2ncc3c2ncn2c(CCc4ccccc4)nnc32)cc1Cl. The summed E-state index contributed by atoms with van der Waals surface area (Å²) in [4.78, 5) is 4.63. The van der Waals surface area contributed by atoms with Gasteiger partial charge < -0.3 is 0 Å². The minimum Gasteiger partial charge on any atom is -0.269 e. The van der Waals surface area contributed by atoms with E-state index in [0.717, 1.165) is 46.6 Å². The molecule has 0 aliphatic rings. The van der Waals surface area contributed by atoms with Crippen LogP contribution in [0.1, 0.15) is 17.0 Å². The maximum Gasteiger partial charge on any atom is 0.174 e. The molecule has 0 atom stereocenters. The van der Waals surface area contributed by atoms with E-state index in [2.05, 4.69) is 32.4 Å². The summed E-state index contributed by atoms with van der Waals surface area (Å²) in [5.74, 6) is 0.888. The van der Waals surface area contributed by atoms with Crippen molar-refractivity contribution in [3.05, 3.63) is 83.0 Å². The van der Waals surface area contributed by atoms with Crippen LogP contribution in [0.2, 0.25) is 5.02 Å². The predicted molar refractivity (Wildman–Crippen MR) is 109 cm³/mol. The van der Waals surface area contributed by atoms with Crippen LogP contribution in [0.5, 0.6) is 0 Å². The predicted octanol–water partition coefficient (Wildman–Crippen LogP) is 4.21. The van der Waals surface area contributed by atoms with Gasteiger partial charge in [-0.2, -0.15) is 5.10 Å². The highest BCUT2D eigenvalue weighted by Gasteiger charge is 2.14. The van der Waals surface area contributed by atoms with Crippen LogP contribution in [0.4, 0.5) is 0 Å². The van der Waals surface area contributed by atoms with E-state index in [1.54, 1.807) is 17.2 Å². The molecule has 2 aromatic carbocycles. The van der Waals surface area contributed by atoms with Crippen molar-refractivity contribution in [1.29, 1.82) is 0 Å². The van der Waals surface area contributed by atoms with Gasteiger partial charge in [0.25, 0.3) is 0 Å². The third kappa shape index (κ3) is 2.82. The first-order chi connectivity index (χ1) is 13.7. The van der Waals surface area contributed by atoms with Gasteiger partial charge in [-0.3, -0.25) is 4.40 Å². The summed E-state index contributed by atoms with van der Waals surface area (Å²) in [5.41, 5.74) is 4.66. The molecule has 138 valence electrons. The molecule has 28 heavy (non-hydrogen) atoms. The normalized spacial score (nSPS) is 11.5. The Morgan fingerprint density at radius 1 is 0.964 bits per heavy atom. The second-order valence-electron chi connectivity index (χ2n) is 6.77. The molecule has 0 amide bonds. The summed E-state index contributed by atoms with van der Waals surface area (Å²) in [7, 11) is 0. The number of rotatable bonds is 4. The van der Waals surface area contributed by atoms with E-state index < -0.39 is 0 Å². The fraction of sp³-hybridized carbons (Fsp3) is 0.143. The van der Waals surface area contributed by atoms with Crippen molar-refractivity contribution in [2.75, 3.05) is 0 Å². The van der Waals surface area contributed by atoms with Gasteiger partial charge in [0, 0.05) is 11.4 Å². The molecule has 0 saturated carbocycles. The standard InChI is InChI=1S/C21H17ClN6/c1-14-7-9-16(11-18(14)22)28-20-17(12-24-28)21-26-25-19(27(21)13-23-20)10-8-15-5-3-2-4-6-15/h2-7,9,11-13H,8,10H2,1H3. The number of aryl methyl sites for hydroxylation is 3. The Hall–Kier alpha value is -3.25. The summed E-state index contributed by atoms with van der Waals surface area (Å²) in [5, 5.41) is 14.8. The lowest BCUT2D eigenvalue weighted by atomic mass is 10.1. The highest BCUT2D eigenvalue weighted by atomic mass is 35.5. The van der Waals surface area contributed by atoms with E-state index >= 15 is 0 Å². The van der Waals surface area contributed by atoms with Gasteiger partial charge in [0.05, 0.1) is 17.3 Å². The molecule has 0 saturated heterocycles. The Bertz CT molecular complexity index is 1290. The molecule has 3 heterocycles. The molecular weight excluding hydrogens is 372 g/mol. The van der Waals surface area contributed by atoms with Gasteiger partial charge in [-0.05, 0) is 36.6 Å². The Morgan fingerprint density at radius 3 is 2.64 bits per heavy atom. The van der Waals surface area contributed by atoms with E-state index in [-0.39, 0.29) is 0 Å². The lowest BCUT2D eigenvalue weighted by molar-refractivity contribution is 0.831. The lowest BCUT2D eigenvalue weighted by Crippen LogP contribution is -2.01. The fourth-order valence-corrected chi connectivity index (χ4v) is 3.51. The molecule has 5 rings (SSSR count). The van der Waals surface area contributed by atoms with Gasteiger partial charge >= 0.3 is 0 Å². The third-order valence-electron chi connectivity index (χ3n) is 4.93. The average molecular weight is 389 g/mol. The van der Waals surface area contributed by atoms with Crippen LogP contribution in [-0.4, -0.2) is 29.4 Å². The lowest BCUT2D eigenvalue weighted by Gasteiger charge is -2.05. The minimum absolute atomic E-state index is 0.702. The molecule has 0 bridgehead atoms. The van der Waals surface area contributed by atoms with Crippen LogP contribution < -0.4 is 0 Å². The van der Waals surface area contributed by atoms with E-state index in [4.69, 9.17) is 11.6 Å². The Labute approximate surface area is 166 Å². The average Bonchev–Trinajstić information content (AvgIpc) is 3.33. The topological polar surface area (TPSA) is 60.9 Å². The maximum absolute atomic E-state index is 6.28. The van der Waals surface area contributed by atoms with Crippen molar-refractivity contribution in [2.24, 2.45) is 0 Å². The monoisotopic (exact) mass is 388 g/mol. The van der Waals surface area contributed by atoms with Crippen LogP contribution in [-0.2, 0) is 12.8 Å². The van der Waals surface area contributed by atoms with Crippen molar-refractivity contribution in [2.45, 2.75) is 19.8 Å². The number of aromatic nitrogens is 6. The van der Waals surface area contributed by atoms with E-state index in [1.165, 1.54) is 5.56 Å². The summed E-state index contributed by atoms with van der Waals surface area (Å²) in [6.45, 7) is 1.97. The molecule has 0 unspecified atom stereocenters. The molecule has 6 nitrogen and oxygen atoms in total. The van der Waals surface area contributed by atoms with Crippen LogP contribution in [0, 0.1) is 6.92 Å². The molecule has 0 spiro atoms. The zero-order valence-corrected chi connectivity index (χ0v) is 16.0. The summed E-state index contributed by atoms with van der Waals surface area (Å²) < 4.78 is 3.72. The molecule has 0 aliphatic heterocycles. The highest BCUT2D eigenvalue weighted by Crippen LogP contribution is 2.24. The number of hydrogen-bond acceptors (Lipinski definition) is 4. The Morgan fingerprint density at radius 2 is 1.82 bits per heavy atom. The highest BCUT2D eigenvalue weighted by molar-refractivity contribution is 6.31. The van der Waals surface area contributed by atoms with Crippen molar-refractivity contribution in [3.63, 3.8) is 0 Å². The second kappa shape index (κ2) is 6.73. The number of benzene rings is 2. The first-order valence-corrected chi connectivity index (χ1v) is 9.45. The summed E-state index contributed by atoms with van der Waals surface area (Å²) in [6, 6.07) is 16.2. The largest absolute Gasteiger partial charge is 0.269 e. The summed E-state index contributed by atoms with van der Waals surface area (Å²) in [6.07, 6.45) is 5.24. The maximum atomic E-state index is 6.28. The quantitative estimate of drug-likeness (QED) is 0.462. The second-order valence-corrected chi connectivity index (χ2v) is 7.17. The zero-order valence-electron chi connectivity index (χ0n) is 15.2.